The lowest BCUT2D eigenvalue weighted by molar-refractivity contribution is -0.140. The highest BCUT2D eigenvalue weighted by Gasteiger charge is 2.25. The number of carboxylic acids is 1. The molecule has 0 aliphatic carbocycles. The van der Waals surface area contributed by atoms with E-state index in [0.717, 1.165) is 11.0 Å². The summed E-state index contributed by atoms with van der Waals surface area (Å²) in [6, 6.07) is 3.12. The van der Waals surface area contributed by atoms with Crippen molar-refractivity contribution in [2.75, 3.05) is 11.4 Å². The molecule has 0 fully saturated rings. The van der Waals surface area contributed by atoms with Crippen molar-refractivity contribution < 1.29 is 23.9 Å². The molecule has 0 aliphatic rings. The summed E-state index contributed by atoms with van der Waals surface area (Å²) in [6.45, 7) is 1.84. The van der Waals surface area contributed by atoms with Crippen molar-refractivity contribution in [3.8, 4) is 0 Å². The van der Waals surface area contributed by atoms with Crippen LogP contribution in [0.25, 0.3) is 0 Å². The molecule has 0 bridgehead atoms. The van der Waals surface area contributed by atoms with Crippen LogP contribution in [0.5, 0.6) is 0 Å². The Labute approximate surface area is 120 Å². The second-order valence-electron chi connectivity index (χ2n) is 4.23. The molecule has 1 atom stereocenters. The first-order chi connectivity index (χ1) is 9.85. The Hall–Kier alpha value is -2.64. The molecule has 3 amide bonds. The van der Waals surface area contributed by atoms with Gasteiger partial charge in [-0.25, -0.2) is 14.0 Å². The van der Waals surface area contributed by atoms with E-state index >= 15 is 0 Å². The van der Waals surface area contributed by atoms with E-state index in [1.54, 1.807) is 6.92 Å². The number of nitrogens with zero attached hydrogens (tertiary/aromatic N) is 1. The first-order valence-electron chi connectivity index (χ1n) is 6.19. The number of rotatable bonds is 6. The lowest BCUT2D eigenvalue weighted by Gasteiger charge is -2.23. The Kier molecular flexibility index (Phi) is 5.65. The number of aliphatic carboxylic acids is 1. The normalized spacial score (nSPS) is 11.5. The molecule has 0 aliphatic heterocycles. The van der Waals surface area contributed by atoms with Crippen LogP contribution in [0.4, 0.5) is 14.9 Å². The minimum absolute atomic E-state index is 0.193. The van der Waals surface area contributed by atoms with Crippen molar-refractivity contribution in [2.24, 2.45) is 5.73 Å². The fourth-order valence-corrected chi connectivity index (χ4v) is 1.72. The fourth-order valence-electron chi connectivity index (χ4n) is 1.72. The zero-order chi connectivity index (χ0) is 16.0. The van der Waals surface area contributed by atoms with E-state index < -0.39 is 36.2 Å². The lowest BCUT2D eigenvalue weighted by Crippen LogP contribution is -2.49. The molecule has 1 rings (SSSR count). The van der Waals surface area contributed by atoms with Crippen LogP contribution < -0.4 is 16.0 Å². The van der Waals surface area contributed by atoms with E-state index in [-0.39, 0.29) is 12.2 Å². The number of nitrogens with two attached hydrogens (primary N) is 1. The smallest absolute Gasteiger partial charge is 0.326 e. The first kappa shape index (κ1) is 16.4. The number of anilines is 1. The van der Waals surface area contributed by atoms with Gasteiger partial charge in [0.05, 0.1) is 6.42 Å². The Morgan fingerprint density at radius 1 is 1.43 bits per heavy atom. The molecule has 114 valence electrons. The number of carboxylic acid groups (broad SMARTS) is 1. The monoisotopic (exact) mass is 297 g/mol. The molecule has 0 aromatic heterocycles. The fraction of sp³-hybridized carbons (Fsp3) is 0.308. The molecule has 0 saturated heterocycles. The lowest BCUT2D eigenvalue weighted by atomic mass is 10.2. The molecule has 7 nitrogen and oxygen atoms in total. The van der Waals surface area contributed by atoms with Crippen molar-refractivity contribution in [3.63, 3.8) is 0 Å². The molecule has 0 unspecified atom stereocenters. The minimum Gasteiger partial charge on any atom is -0.480 e. The topological polar surface area (TPSA) is 113 Å². The standard InChI is InChI=1S/C13H16FN3O4/c1-2-17(9-5-3-4-8(14)6-9)13(21)16-10(12(19)20)7-11(15)18/h3-6,10H,2,7H2,1H3,(H2,15,18)(H,16,21)(H,19,20)/t10-/m1/s1. The highest BCUT2D eigenvalue weighted by molar-refractivity contribution is 5.95. The van der Waals surface area contributed by atoms with Crippen molar-refractivity contribution in [2.45, 2.75) is 19.4 Å². The van der Waals surface area contributed by atoms with Gasteiger partial charge in [-0.05, 0) is 25.1 Å². The van der Waals surface area contributed by atoms with Gasteiger partial charge in [0.15, 0.2) is 0 Å². The predicted molar refractivity (Wildman–Crippen MR) is 73.2 cm³/mol. The van der Waals surface area contributed by atoms with Gasteiger partial charge in [0.25, 0.3) is 0 Å². The first-order valence-corrected chi connectivity index (χ1v) is 6.19. The maximum absolute atomic E-state index is 13.2. The number of amides is 3. The van der Waals surface area contributed by atoms with Gasteiger partial charge in [-0.3, -0.25) is 9.69 Å². The van der Waals surface area contributed by atoms with Crippen LogP contribution in [0.2, 0.25) is 0 Å². The zero-order valence-corrected chi connectivity index (χ0v) is 11.4. The molecule has 0 radical (unpaired) electrons. The van der Waals surface area contributed by atoms with Crippen LogP contribution in [0.1, 0.15) is 13.3 Å². The van der Waals surface area contributed by atoms with Gasteiger partial charge in [0.2, 0.25) is 5.91 Å². The molecule has 0 spiro atoms. The van der Waals surface area contributed by atoms with Gasteiger partial charge in [-0.1, -0.05) is 6.07 Å². The van der Waals surface area contributed by atoms with Gasteiger partial charge in [-0.15, -0.1) is 0 Å². The number of carbonyl (C=O) groups excluding carboxylic acids is 2. The third-order valence-electron chi connectivity index (χ3n) is 2.68. The Bertz CT molecular complexity index is 550. The summed E-state index contributed by atoms with van der Waals surface area (Å²) in [4.78, 5) is 35.0. The van der Waals surface area contributed by atoms with Crippen molar-refractivity contribution in [1.82, 2.24) is 5.32 Å². The van der Waals surface area contributed by atoms with Crippen molar-refractivity contribution in [1.29, 1.82) is 0 Å². The summed E-state index contributed by atoms with van der Waals surface area (Å²) in [5.41, 5.74) is 5.21. The number of halogens is 1. The van der Waals surface area contributed by atoms with Crippen LogP contribution in [-0.2, 0) is 9.59 Å². The largest absolute Gasteiger partial charge is 0.480 e. The number of urea groups is 1. The second-order valence-corrected chi connectivity index (χ2v) is 4.23. The van der Waals surface area contributed by atoms with Gasteiger partial charge in [-0.2, -0.15) is 0 Å². The summed E-state index contributed by atoms with van der Waals surface area (Å²) < 4.78 is 13.2. The maximum Gasteiger partial charge on any atom is 0.326 e. The van der Waals surface area contributed by atoms with Gasteiger partial charge in [0.1, 0.15) is 11.9 Å². The van der Waals surface area contributed by atoms with E-state index in [1.807, 2.05) is 0 Å². The van der Waals surface area contributed by atoms with Crippen LogP contribution in [0.3, 0.4) is 0 Å². The SMILES string of the molecule is CCN(C(=O)N[C@H](CC(N)=O)C(=O)O)c1cccc(F)c1. The van der Waals surface area contributed by atoms with E-state index in [1.165, 1.54) is 18.2 Å². The van der Waals surface area contributed by atoms with Crippen LogP contribution in [0.15, 0.2) is 24.3 Å². The summed E-state index contributed by atoms with van der Waals surface area (Å²) in [5, 5.41) is 11.1. The number of benzene rings is 1. The molecular formula is C13H16FN3O4. The Morgan fingerprint density at radius 3 is 2.57 bits per heavy atom. The molecule has 1 aromatic rings. The van der Waals surface area contributed by atoms with Gasteiger partial charge in [0, 0.05) is 12.2 Å². The zero-order valence-electron chi connectivity index (χ0n) is 11.4. The number of primary amides is 1. The molecule has 8 heteroatoms. The summed E-state index contributed by atoms with van der Waals surface area (Å²) >= 11 is 0. The highest BCUT2D eigenvalue weighted by Crippen LogP contribution is 2.15. The number of carbonyl (C=O) groups is 3. The number of nitrogens with one attached hydrogen (secondary N) is 1. The minimum atomic E-state index is -1.43. The van der Waals surface area contributed by atoms with Crippen LogP contribution in [-0.4, -0.2) is 35.6 Å². The van der Waals surface area contributed by atoms with Crippen LogP contribution in [0, 0.1) is 5.82 Å². The molecular weight excluding hydrogens is 281 g/mol. The molecule has 0 saturated carbocycles. The van der Waals surface area contributed by atoms with E-state index in [9.17, 15) is 18.8 Å². The summed E-state index contributed by atoms with van der Waals surface area (Å²) in [7, 11) is 0. The number of hydrogen-bond donors (Lipinski definition) is 3. The van der Waals surface area contributed by atoms with E-state index in [2.05, 4.69) is 5.32 Å². The van der Waals surface area contributed by atoms with Crippen LogP contribution >= 0.6 is 0 Å². The molecule has 4 N–H and O–H groups in total. The van der Waals surface area contributed by atoms with Crippen molar-refractivity contribution in [3.05, 3.63) is 30.1 Å². The van der Waals surface area contributed by atoms with E-state index in [0.29, 0.717) is 0 Å². The molecule has 1 aromatic carbocycles. The third-order valence-corrected chi connectivity index (χ3v) is 2.68. The Balaban J connectivity index is 2.88. The summed E-state index contributed by atoms with van der Waals surface area (Å²) in [6.07, 6.45) is -0.526. The van der Waals surface area contributed by atoms with E-state index in [4.69, 9.17) is 10.8 Å². The van der Waals surface area contributed by atoms with Gasteiger partial charge < -0.3 is 16.2 Å². The number of hydrogen-bond acceptors (Lipinski definition) is 3. The molecule has 0 heterocycles. The second kappa shape index (κ2) is 7.22. The highest BCUT2D eigenvalue weighted by atomic mass is 19.1. The molecule has 21 heavy (non-hydrogen) atoms. The van der Waals surface area contributed by atoms with Gasteiger partial charge >= 0.3 is 12.0 Å². The quantitative estimate of drug-likeness (QED) is 0.717. The van der Waals surface area contributed by atoms with Crippen molar-refractivity contribution >= 4 is 23.6 Å². The maximum atomic E-state index is 13.2. The third kappa shape index (κ3) is 4.75. The predicted octanol–water partition coefficient (Wildman–Crippen LogP) is 0.690. The summed E-state index contributed by atoms with van der Waals surface area (Å²) in [5.74, 6) is -2.75. The average molecular weight is 297 g/mol. The Morgan fingerprint density at radius 2 is 2.10 bits per heavy atom. The average Bonchev–Trinajstić information content (AvgIpc) is 2.38.